The molecule has 0 saturated carbocycles. The third-order valence-electron chi connectivity index (χ3n) is 0.737. The molecule has 4 nitrogen and oxygen atoms in total. The van der Waals surface area contributed by atoms with Crippen LogP contribution in [0.3, 0.4) is 0 Å². The van der Waals surface area contributed by atoms with Crippen LogP contribution in [0.5, 0.6) is 0 Å². The van der Waals surface area contributed by atoms with Gasteiger partial charge in [0.15, 0.2) is 5.57 Å². The summed E-state index contributed by atoms with van der Waals surface area (Å²) < 4.78 is 8.27. The van der Waals surface area contributed by atoms with E-state index in [1.807, 2.05) is 0 Å². The summed E-state index contributed by atoms with van der Waals surface area (Å²) in [6.45, 7) is 0. The van der Waals surface area contributed by atoms with Crippen molar-refractivity contribution in [3.63, 3.8) is 0 Å². The van der Waals surface area contributed by atoms with Gasteiger partial charge < -0.3 is 9.47 Å². The standard InChI is InChI=1S/C8H3NO3/c1-3-11-6-7(5-9)8(10)12-4-2/h1-2,6H/b7-6-. The lowest BCUT2D eigenvalue weighted by atomic mass is 10.3. The molecule has 0 fully saturated rings. The summed E-state index contributed by atoms with van der Waals surface area (Å²) in [7, 11) is 0. The minimum Gasteiger partial charge on any atom is -0.414 e. The SMILES string of the molecule is C#CO/C=C(/C#N)C(=O)OC#C. The molecule has 0 heterocycles. The van der Waals surface area contributed by atoms with Crippen molar-refractivity contribution in [2.75, 3.05) is 0 Å². The molecule has 4 heteroatoms. The Labute approximate surface area is 69.4 Å². The van der Waals surface area contributed by atoms with Crippen LogP contribution in [-0.2, 0) is 14.3 Å². The van der Waals surface area contributed by atoms with Gasteiger partial charge in [-0.25, -0.2) is 4.79 Å². The van der Waals surface area contributed by atoms with Gasteiger partial charge in [-0.05, 0) is 0 Å². The molecule has 0 spiro atoms. The first kappa shape index (κ1) is 9.62. The van der Waals surface area contributed by atoms with Crippen LogP contribution in [0.4, 0.5) is 0 Å². The molecule has 0 bridgehead atoms. The normalized spacial score (nSPS) is 8.58. The van der Waals surface area contributed by atoms with Crippen molar-refractivity contribution in [1.29, 1.82) is 5.26 Å². The first-order chi connectivity index (χ1) is 5.76. The summed E-state index contributed by atoms with van der Waals surface area (Å²) in [4.78, 5) is 10.7. The highest BCUT2D eigenvalue weighted by Crippen LogP contribution is 1.95. The van der Waals surface area contributed by atoms with Crippen LogP contribution in [0.25, 0.3) is 0 Å². The van der Waals surface area contributed by atoms with Crippen LogP contribution < -0.4 is 0 Å². The fraction of sp³-hybridized carbons (Fsp3) is 0. The average molecular weight is 161 g/mol. The Balaban J connectivity index is 4.41. The third-order valence-corrected chi connectivity index (χ3v) is 0.737. The summed E-state index contributed by atoms with van der Waals surface area (Å²) in [6.07, 6.45) is 13.5. The first-order valence-electron chi connectivity index (χ1n) is 2.64. The van der Waals surface area contributed by atoms with E-state index in [1.54, 1.807) is 12.2 Å². The van der Waals surface area contributed by atoms with Gasteiger partial charge in [-0.2, -0.15) is 5.26 Å². The number of hydrogen-bond acceptors (Lipinski definition) is 4. The zero-order valence-corrected chi connectivity index (χ0v) is 5.90. The number of nitriles is 1. The first-order valence-corrected chi connectivity index (χ1v) is 2.64. The van der Waals surface area contributed by atoms with Gasteiger partial charge in [-0.3, -0.25) is 0 Å². The maximum absolute atomic E-state index is 10.7. The fourth-order valence-electron chi connectivity index (χ4n) is 0.322. The minimum absolute atomic E-state index is 0.397. The van der Waals surface area contributed by atoms with E-state index in [2.05, 4.69) is 22.3 Å². The van der Waals surface area contributed by atoms with Crippen LogP contribution in [-0.4, -0.2) is 5.97 Å². The highest BCUT2D eigenvalue weighted by Gasteiger charge is 2.09. The summed E-state index contributed by atoms with van der Waals surface area (Å²) in [5.41, 5.74) is -0.397. The molecule has 0 radical (unpaired) electrons. The average Bonchev–Trinajstić information content (AvgIpc) is 2.06. The molecule has 0 aliphatic rings. The number of nitrogens with zero attached hydrogens (tertiary/aromatic N) is 1. The van der Waals surface area contributed by atoms with Crippen LogP contribution in [0.1, 0.15) is 0 Å². The predicted molar refractivity (Wildman–Crippen MR) is 38.5 cm³/mol. The summed E-state index contributed by atoms with van der Waals surface area (Å²) in [6, 6.07) is 1.49. The highest BCUT2D eigenvalue weighted by atomic mass is 16.5. The molecule has 0 atom stereocenters. The topological polar surface area (TPSA) is 59.3 Å². The van der Waals surface area contributed by atoms with Crippen molar-refractivity contribution in [2.45, 2.75) is 0 Å². The number of carbonyl (C=O) groups is 1. The summed E-state index contributed by atoms with van der Waals surface area (Å²) >= 11 is 0. The van der Waals surface area contributed by atoms with Crippen LogP contribution >= 0.6 is 0 Å². The van der Waals surface area contributed by atoms with E-state index in [4.69, 9.17) is 5.26 Å². The maximum Gasteiger partial charge on any atom is 0.366 e. The summed E-state index contributed by atoms with van der Waals surface area (Å²) in [5.74, 6) is -0.977. The Morgan fingerprint density at radius 3 is 2.50 bits per heavy atom. The van der Waals surface area contributed by atoms with Crippen molar-refractivity contribution < 1.29 is 14.3 Å². The third kappa shape index (κ3) is 2.96. The summed E-state index contributed by atoms with van der Waals surface area (Å²) in [5, 5.41) is 8.31. The van der Waals surface area contributed by atoms with Gasteiger partial charge in [0.2, 0.25) is 0 Å². The van der Waals surface area contributed by atoms with Gasteiger partial charge in [0, 0.05) is 0 Å². The quantitative estimate of drug-likeness (QED) is 0.190. The molecule has 0 saturated heterocycles. The molecule has 0 aromatic carbocycles. The second-order valence-electron chi connectivity index (χ2n) is 1.39. The molecule has 0 rings (SSSR count). The Bertz CT molecular complexity index is 322. The van der Waals surface area contributed by atoms with Crippen molar-refractivity contribution >= 4 is 5.97 Å². The highest BCUT2D eigenvalue weighted by molar-refractivity contribution is 5.93. The van der Waals surface area contributed by atoms with Gasteiger partial charge in [0.05, 0.1) is 0 Å². The van der Waals surface area contributed by atoms with Crippen LogP contribution in [0.15, 0.2) is 11.8 Å². The number of carbonyl (C=O) groups excluding carboxylic acids is 1. The lowest BCUT2D eigenvalue weighted by molar-refractivity contribution is -0.132. The lowest BCUT2D eigenvalue weighted by Gasteiger charge is -1.91. The monoisotopic (exact) mass is 161 g/mol. The zero-order valence-electron chi connectivity index (χ0n) is 5.90. The molecule has 0 aliphatic carbocycles. The zero-order chi connectivity index (χ0) is 9.40. The Kier molecular flexibility index (Phi) is 4.34. The molecule has 0 aromatic heterocycles. The van der Waals surface area contributed by atoms with E-state index >= 15 is 0 Å². The molecular formula is C8H3NO3. The minimum atomic E-state index is -0.977. The van der Waals surface area contributed by atoms with Gasteiger partial charge in [-0.1, -0.05) is 12.8 Å². The number of hydrogen-bond donors (Lipinski definition) is 0. The van der Waals surface area contributed by atoms with Crippen LogP contribution in [0, 0.1) is 36.4 Å². The van der Waals surface area contributed by atoms with Gasteiger partial charge in [0.1, 0.15) is 24.5 Å². The smallest absolute Gasteiger partial charge is 0.366 e. The van der Waals surface area contributed by atoms with Gasteiger partial charge in [0.25, 0.3) is 0 Å². The van der Waals surface area contributed by atoms with E-state index < -0.39 is 11.5 Å². The Morgan fingerprint density at radius 2 is 2.08 bits per heavy atom. The molecule has 58 valence electrons. The van der Waals surface area contributed by atoms with Gasteiger partial charge >= 0.3 is 5.97 Å². The molecule has 0 unspecified atom stereocenters. The number of terminal acetylenes is 2. The largest absolute Gasteiger partial charge is 0.414 e. The van der Waals surface area contributed by atoms with Gasteiger partial charge in [-0.15, -0.1) is 0 Å². The van der Waals surface area contributed by atoms with Crippen molar-refractivity contribution in [3.05, 3.63) is 11.8 Å². The fourth-order valence-corrected chi connectivity index (χ4v) is 0.322. The van der Waals surface area contributed by atoms with E-state index in [0.717, 1.165) is 6.26 Å². The second kappa shape index (κ2) is 5.41. The predicted octanol–water partition coefficient (Wildman–Crippen LogP) is 0.135. The lowest BCUT2D eigenvalue weighted by Crippen LogP contribution is -2.02. The number of esters is 1. The van der Waals surface area contributed by atoms with Crippen molar-refractivity contribution in [2.24, 2.45) is 0 Å². The molecular weight excluding hydrogens is 158 g/mol. The molecule has 0 amide bonds. The van der Waals surface area contributed by atoms with Crippen molar-refractivity contribution in [3.8, 4) is 31.1 Å². The molecule has 0 N–H and O–H groups in total. The number of rotatable bonds is 2. The molecule has 0 aliphatic heterocycles. The Morgan fingerprint density at radius 1 is 1.42 bits per heavy atom. The number of ether oxygens (including phenoxy) is 2. The van der Waals surface area contributed by atoms with E-state index in [1.165, 1.54) is 6.07 Å². The van der Waals surface area contributed by atoms with E-state index in [0.29, 0.717) is 0 Å². The second-order valence-corrected chi connectivity index (χ2v) is 1.39. The Hall–Kier alpha value is -2.38. The van der Waals surface area contributed by atoms with Crippen LogP contribution in [0.2, 0.25) is 0 Å². The molecule has 12 heavy (non-hydrogen) atoms. The van der Waals surface area contributed by atoms with E-state index in [9.17, 15) is 4.79 Å². The van der Waals surface area contributed by atoms with Crippen molar-refractivity contribution in [1.82, 2.24) is 0 Å². The maximum atomic E-state index is 10.7. The van der Waals surface area contributed by atoms with E-state index in [-0.39, 0.29) is 0 Å². The molecule has 0 aromatic rings.